The topological polar surface area (TPSA) is 115 Å². The van der Waals surface area contributed by atoms with Crippen LogP contribution in [0, 0.1) is 6.92 Å². The molecule has 11 nitrogen and oxygen atoms in total. The van der Waals surface area contributed by atoms with Gasteiger partial charge in [0.1, 0.15) is 18.2 Å². The molecule has 1 aliphatic rings. The van der Waals surface area contributed by atoms with Crippen LogP contribution in [0.1, 0.15) is 24.1 Å². The maximum atomic E-state index is 12.6. The Morgan fingerprint density at radius 3 is 2.65 bits per heavy atom. The lowest BCUT2D eigenvalue weighted by Gasteiger charge is -2.32. The van der Waals surface area contributed by atoms with Gasteiger partial charge in [-0.2, -0.15) is 4.98 Å². The van der Waals surface area contributed by atoms with Crippen LogP contribution in [-0.4, -0.2) is 88.8 Å². The fourth-order valence-corrected chi connectivity index (χ4v) is 4.38. The number of nitrogens with zero attached hydrogens (tertiary/aromatic N) is 7. The van der Waals surface area contributed by atoms with Crippen LogP contribution < -0.4 is 20.1 Å². The summed E-state index contributed by atoms with van der Waals surface area (Å²) in [5.74, 6) is 2.39. The van der Waals surface area contributed by atoms with Gasteiger partial charge in [0, 0.05) is 37.2 Å². The van der Waals surface area contributed by atoms with Gasteiger partial charge in [-0.1, -0.05) is 6.07 Å². The number of rotatable bonds is 13. The van der Waals surface area contributed by atoms with E-state index in [0.717, 1.165) is 48.8 Å². The molecule has 0 fully saturated rings. The number of hydrogen-bond acceptors (Lipinski definition) is 9. The number of aromatic nitrogens is 4. The summed E-state index contributed by atoms with van der Waals surface area (Å²) in [4.78, 5) is 32.4. The predicted octanol–water partition coefficient (Wildman–Crippen LogP) is 1.83. The molecule has 11 heteroatoms. The van der Waals surface area contributed by atoms with Crippen molar-refractivity contribution >= 4 is 11.7 Å². The van der Waals surface area contributed by atoms with Gasteiger partial charge in [0.2, 0.25) is 18.6 Å². The van der Waals surface area contributed by atoms with Gasteiger partial charge in [-0.25, -0.2) is 9.97 Å². The molecule has 0 saturated heterocycles. The molecule has 3 heterocycles. The van der Waals surface area contributed by atoms with E-state index in [9.17, 15) is 4.79 Å². The smallest absolute Gasteiger partial charge is 0.240 e. The molecule has 2 N–H and O–H groups in total. The van der Waals surface area contributed by atoms with Crippen LogP contribution in [0.25, 0.3) is 5.95 Å². The summed E-state index contributed by atoms with van der Waals surface area (Å²) >= 11 is 0. The SMILES string of the molecule is Cc1cc(N(CCCN(C)Cc2ccc3c(c2)OCO3)C(CCN(C)C)C(N)=O)nc(-n2ccnc2)n1. The normalized spacial score (nSPS) is 13.4. The van der Waals surface area contributed by atoms with Crippen LogP contribution >= 0.6 is 0 Å². The van der Waals surface area contributed by atoms with Crippen molar-refractivity contribution < 1.29 is 14.3 Å². The molecule has 0 aliphatic carbocycles. The average Bonchev–Trinajstić information content (AvgIpc) is 3.54. The Kier molecular flexibility index (Phi) is 8.57. The van der Waals surface area contributed by atoms with Gasteiger partial charge in [0.15, 0.2) is 11.5 Å². The molecule has 0 saturated carbocycles. The van der Waals surface area contributed by atoms with Crippen molar-refractivity contribution in [3.63, 3.8) is 0 Å². The highest BCUT2D eigenvalue weighted by Crippen LogP contribution is 2.32. The van der Waals surface area contributed by atoms with Crippen LogP contribution in [0.15, 0.2) is 43.0 Å². The molecular formula is C26H36N8O3. The van der Waals surface area contributed by atoms with E-state index in [1.165, 1.54) is 0 Å². The number of benzene rings is 1. The number of fused-ring (bicyclic) bond motifs is 1. The van der Waals surface area contributed by atoms with Crippen LogP contribution in [0.2, 0.25) is 0 Å². The van der Waals surface area contributed by atoms with Crippen molar-refractivity contribution in [1.29, 1.82) is 0 Å². The van der Waals surface area contributed by atoms with Crippen molar-refractivity contribution in [2.75, 3.05) is 52.5 Å². The zero-order valence-corrected chi connectivity index (χ0v) is 22.0. The number of hydrogen-bond donors (Lipinski definition) is 1. The van der Waals surface area contributed by atoms with Crippen LogP contribution in [0.4, 0.5) is 5.82 Å². The first-order valence-electron chi connectivity index (χ1n) is 12.4. The number of ether oxygens (including phenoxy) is 2. The number of primary amides is 1. The fraction of sp³-hybridized carbons (Fsp3) is 0.462. The molecule has 0 spiro atoms. The van der Waals surface area contributed by atoms with Gasteiger partial charge in [0.05, 0.1) is 0 Å². The maximum absolute atomic E-state index is 12.6. The first-order chi connectivity index (χ1) is 17.8. The van der Waals surface area contributed by atoms with Gasteiger partial charge in [0.25, 0.3) is 0 Å². The van der Waals surface area contributed by atoms with Crippen LogP contribution in [0.5, 0.6) is 11.5 Å². The second kappa shape index (κ2) is 12.0. The summed E-state index contributed by atoms with van der Waals surface area (Å²) in [7, 11) is 6.05. The highest BCUT2D eigenvalue weighted by molar-refractivity contribution is 5.83. The molecule has 198 valence electrons. The zero-order valence-electron chi connectivity index (χ0n) is 22.0. The minimum Gasteiger partial charge on any atom is -0.454 e. The Morgan fingerprint density at radius 2 is 1.92 bits per heavy atom. The average molecular weight is 509 g/mol. The van der Waals surface area contributed by atoms with Crippen molar-refractivity contribution in [3.05, 3.63) is 54.2 Å². The predicted molar refractivity (Wildman–Crippen MR) is 141 cm³/mol. The van der Waals surface area contributed by atoms with Gasteiger partial charge >= 0.3 is 0 Å². The quantitative estimate of drug-likeness (QED) is 0.369. The van der Waals surface area contributed by atoms with Crippen LogP contribution in [0.3, 0.4) is 0 Å². The van der Waals surface area contributed by atoms with Crippen molar-refractivity contribution in [2.24, 2.45) is 5.73 Å². The zero-order chi connectivity index (χ0) is 26.4. The van der Waals surface area contributed by atoms with Crippen molar-refractivity contribution in [2.45, 2.75) is 32.4 Å². The number of nitrogens with two attached hydrogens (primary N) is 1. The summed E-state index contributed by atoms with van der Waals surface area (Å²) in [5, 5.41) is 0. The first-order valence-corrected chi connectivity index (χ1v) is 12.4. The second-order valence-corrected chi connectivity index (χ2v) is 9.62. The van der Waals surface area contributed by atoms with E-state index in [0.29, 0.717) is 24.7 Å². The summed E-state index contributed by atoms with van der Waals surface area (Å²) in [6.45, 7) is 5.13. The molecular weight excluding hydrogens is 472 g/mol. The monoisotopic (exact) mass is 508 g/mol. The number of aryl methyl sites for hydroxylation is 1. The van der Waals surface area contributed by atoms with E-state index in [1.807, 2.05) is 44.1 Å². The highest BCUT2D eigenvalue weighted by atomic mass is 16.7. The van der Waals surface area contributed by atoms with Crippen molar-refractivity contribution in [1.82, 2.24) is 29.3 Å². The summed E-state index contributed by atoms with van der Waals surface area (Å²) in [5.41, 5.74) is 7.87. The molecule has 3 aromatic rings. The summed E-state index contributed by atoms with van der Waals surface area (Å²) < 4.78 is 12.7. The third-order valence-electron chi connectivity index (χ3n) is 6.24. The fourth-order valence-electron chi connectivity index (χ4n) is 4.38. The third kappa shape index (κ3) is 6.95. The molecule has 1 aliphatic heterocycles. The number of carbonyl (C=O) groups excluding carboxylic acids is 1. The van der Waals surface area contributed by atoms with Crippen LogP contribution in [-0.2, 0) is 11.3 Å². The highest BCUT2D eigenvalue weighted by Gasteiger charge is 2.26. The van der Waals surface area contributed by atoms with Gasteiger partial charge in [-0.05, 0) is 71.7 Å². The van der Waals surface area contributed by atoms with E-state index in [2.05, 4.69) is 32.9 Å². The van der Waals surface area contributed by atoms with Crippen molar-refractivity contribution in [3.8, 4) is 17.4 Å². The Hall–Kier alpha value is -3.70. The van der Waals surface area contributed by atoms with E-state index < -0.39 is 6.04 Å². The number of carbonyl (C=O) groups is 1. The lowest BCUT2D eigenvalue weighted by molar-refractivity contribution is -0.119. The van der Waals surface area contributed by atoms with E-state index in [4.69, 9.17) is 20.2 Å². The minimum absolute atomic E-state index is 0.268. The van der Waals surface area contributed by atoms with E-state index >= 15 is 0 Å². The summed E-state index contributed by atoms with van der Waals surface area (Å²) in [6, 6.07) is 7.44. The van der Waals surface area contributed by atoms with E-state index in [-0.39, 0.29) is 12.7 Å². The molecule has 4 rings (SSSR count). The molecule has 1 amide bonds. The van der Waals surface area contributed by atoms with E-state index in [1.54, 1.807) is 23.3 Å². The third-order valence-corrected chi connectivity index (χ3v) is 6.24. The minimum atomic E-state index is -0.494. The lowest BCUT2D eigenvalue weighted by Crippen LogP contribution is -2.47. The molecule has 2 aromatic heterocycles. The molecule has 1 atom stereocenters. The standard InChI is InChI=1S/C26H36N8O3/c1-19-14-24(30-26(29-19)33-13-9-28-17-33)34(21(25(27)35)8-12-31(2)3)11-5-10-32(4)16-20-6-7-22-23(15-20)37-18-36-22/h6-7,9,13-15,17,21H,5,8,10-12,16,18H2,1-4H3,(H2,27,35). The Bertz CT molecular complexity index is 1180. The maximum Gasteiger partial charge on any atom is 0.240 e. The Balaban J connectivity index is 1.49. The lowest BCUT2D eigenvalue weighted by atomic mass is 10.1. The molecule has 37 heavy (non-hydrogen) atoms. The second-order valence-electron chi connectivity index (χ2n) is 9.62. The van der Waals surface area contributed by atoms with Gasteiger partial charge in [-0.15, -0.1) is 0 Å². The molecule has 1 aromatic carbocycles. The number of amides is 1. The molecule has 0 radical (unpaired) electrons. The molecule has 0 bridgehead atoms. The molecule has 1 unspecified atom stereocenters. The van der Waals surface area contributed by atoms with Gasteiger partial charge in [-0.3, -0.25) is 9.36 Å². The largest absolute Gasteiger partial charge is 0.454 e. The Morgan fingerprint density at radius 1 is 1.11 bits per heavy atom. The summed E-state index contributed by atoms with van der Waals surface area (Å²) in [6.07, 6.45) is 6.55. The number of imidazole rings is 1. The first kappa shape index (κ1) is 26.4. The Labute approximate surface area is 217 Å². The van der Waals surface area contributed by atoms with Gasteiger partial charge < -0.3 is 29.9 Å². The number of anilines is 1.